The van der Waals surface area contributed by atoms with Crippen LogP contribution in [-0.4, -0.2) is 19.0 Å². The number of rotatable bonds is 12. The summed E-state index contributed by atoms with van der Waals surface area (Å²) >= 11 is 5.58. The van der Waals surface area contributed by atoms with E-state index in [-0.39, 0.29) is 12.4 Å². The average Bonchev–Trinajstić information content (AvgIpc) is 2.26. The van der Waals surface area contributed by atoms with E-state index in [0.717, 1.165) is 18.8 Å². The molecule has 0 unspecified atom stereocenters. The fourth-order valence-corrected chi connectivity index (χ4v) is 1.83. The molecule has 0 aromatic carbocycles. The van der Waals surface area contributed by atoms with Gasteiger partial charge in [0.25, 0.3) is 0 Å². The lowest BCUT2D eigenvalue weighted by Crippen LogP contribution is -2.16. The van der Waals surface area contributed by atoms with Gasteiger partial charge in [0.2, 0.25) is 0 Å². The van der Waals surface area contributed by atoms with Crippen LogP contribution in [0.4, 0.5) is 0 Å². The monoisotopic (exact) mass is 269 g/mol. The van der Waals surface area contributed by atoms with Crippen molar-refractivity contribution >= 4 is 24.0 Å². The summed E-state index contributed by atoms with van der Waals surface area (Å²) in [5.41, 5.74) is 0. The number of unbranched alkanes of at least 4 members (excludes halogenated alkanes) is 7. The summed E-state index contributed by atoms with van der Waals surface area (Å²) in [6.07, 6.45) is 12.3. The molecule has 0 bridgehead atoms. The first-order chi connectivity index (χ1) is 7.41. The Labute approximate surface area is 113 Å². The van der Waals surface area contributed by atoms with Crippen molar-refractivity contribution in [2.75, 3.05) is 19.0 Å². The van der Waals surface area contributed by atoms with Crippen molar-refractivity contribution in [1.29, 1.82) is 0 Å². The van der Waals surface area contributed by atoms with Crippen molar-refractivity contribution in [1.82, 2.24) is 5.32 Å². The van der Waals surface area contributed by atoms with Crippen LogP contribution in [0.15, 0.2) is 0 Å². The fourth-order valence-electron chi connectivity index (χ4n) is 1.70. The van der Waals surface area contributed by atoms with E-state index in [9.17, 15) is 0 Å². The molecule has 0 rings (SSSR count). The van der Waals surface area contributed by atoms with E-state index in [1.807, 2.05) is 0 Å². The van der Waals surface area contributed by atoms with Crippen molar-refractivity contribution in [2.45, 2.75) is 64.7 Å². The molecular formula is C13H29Cl2N. The van der Waals surface area contributed by atoms with Crippen LogP contribution in [0.2, 0.25) is 0 Å². The molecule has 0 radical (unpaired) electrons. The second-order valence-electron chi connectivity index (χ2n) is 4.27. The zero-order valence-electron chi connectivity index (χ0n) is 10.8. The molecule has 0 aliphatic heterocycles. The third-order valence-corrected chi connectivity index (χ3v) is 2.96. The zero-order valence-corrected chi connectivity index (χ0v) is 12.3. The number of alkyl halides is 1. The van der Waals surface area contributed by atoms with Crippen LogP contribution in [-0.2, 0) is 0 Å². The number of nitrogens with one attached hydrogen (secondary N) is 1. The first-order valence-corrected chi connectivity index (χ1v) is 7.22. The Morgan fingerprint density at radius 3 is 1.81 bits per heavy atom. The standard InChI is InChI=1S/C13H28ClN.ClH/c1-2-3-4-5-6-7-8-9-12-15-13-10-11-14;/h15H,2-13H2,1H3;1H. The van der Waals surface area contributed by atoms with E-state index in [1.54, 1.807) is 0 Å². The Bertz CT molecular complexity index is 98.1. The summed E-state index contributed by atoms with van der Waals surface area (Å²) in [6.45, 7) is 4.53. The Morgan fingerprint density at radius 1 is 0.750 bits per heavy atom. The minimum atomic E-state index is 0. The minimum absolute atomic E-state index is 0. The molecule has 0 aliphatic rings. The summed E-state index contributed by atoms with van der Waals surface area (Å²) in [6, 6.07) is 0. The lowest BCUT2D eigenvalue weighted by molar-refractivity contribution is 0.554. The maximum atomic E-state index is 5.58. The highest BCUT2D eigenvalue weighted by atomic mass is 35.5. The van der Waals surface area contributed by atoms with Crippen LogP contribution in [0.3, 0.4) is 0 Å². The van der Waals surface area contributed by atoms with Crippen molar-refractivity contribution in [3.05, 3.63) is 0 Å². The Hall–Kier alpha value is 0.540. The van der Waals surface area contributed by atoms with Gasteiger partial charge >= 0.3 is 0 Å². The van der Waals surface area contributed by atoms with Crippen LogP contribution in [0.25, 0.3) is 0 Å². The van der Waals surface area contributed by atoms with E-state index in [0.29, 0.717) is 0 Å². The Morgan fingerprint density at radius 2 is 1.25 bits per heavy atom. The summed E-state index contributed by atoms with van der Waals surface area (Å²) in [5, 5.41) is 3.41. The number of halogens is 2. The molecule has 100 valence electrons. The van der Waals surface area contributed by atoms with Crippen molar-refractivity contribution < 1.29 is 0 Å². The predicted octanol–water partition coefficient (Wildman–Crippen LogP) is 4.77. The van der Waals surface area contributed by atoms with Crippen LogP contribution >= 0.6 is 24.0 Å². The smallest absolute Gasteiger partial charge is 0.0235 e. The third kappa shape index (κ3) is 17.0. The maximum absolute atomic E-state index is 5.58. The van der Waals surface area contributed by atoms with Gasteiger partial charge in [0.05, 0.1) is 0 Å². The van der Waals surface area contributed by atoms with Gasteiger partial charge < -0.3 is 5.32 Å². The summed E-state index contributed by atoms with van der Waals surface area (Å²) in [5.74, 6) is 0.782. The van der Waals surface area contributed by atoms with Crippen molar-refractivity contribution in [3.8, 4) is 0 Å². The highest BCUT2D eigenvalue weighted by Crippen LogP contribution is 2.07. The molecule has 0 saturated heterocycles. The van der Waals surface area contributed by atoms with Crippen LogP contribution in [0.1, 0.15) is 64.7 Å². The van der Waals surface area contributed by atoms with Gasteiger partial charge in [0.15, 0.2) is 0 Å². The molecule has 1 N–H and O–H groups in total. The largest absolute Gasteiger partial charge is 0.317 e. The quantitative estimate of drug-likeness (QED) is 0.398. The van der Waals surface area contributed by atoms with Gasteiger partial charge in [-0.05, 0) is 25.9 Å². The van der Waals surface area contributed by atoms with E-state index < -0.39 is 0 Å². The number of hydrogen-bond acceptors (Lipinski definition) is 1. The minimum Gasteiger partial charge on any atom is -0.317 e. The van der Waals surface area contributed by atoms with Gasteiger partial charge in [-0.1, -0.05) is 51.9 Å². The lowest BCUT2D eigenvalue weighted by Gasteiger charge is -2.03. The molecule has 0 heterocycles. The highest BCUT2D eigenvalue weighted by molar-refractivity contribution is 6.17. The van der Waals surface area contributed by atoms with Gasteiger partial charge in [0.1, 0.15) is 0 Å². The molecule has 0 amide bonds. The summed E-state index contributed by atoms with van der Waals surface area (Å²) < 4.78 is 0. The third-order valence-electron chi connectivity index (χ3n) is 2.69. The normalized spacial score (nSPS) is 10.1. The van der Waals surface area contributed by atoms with Crippen LogP contribution in [0.5, 0.6) is 0 Å². The van der Waals surface area contributed by atoms with E-state index >= 15 is 0 Å². The van der Waals surface area contributed by atoms with E-state index in [1.165, 1.54) is 57.9 Å². The van der Waals surface area contributed by atoms with Crippen LogP contribution in [0, 0.1) is 0 Å². The Balaban J connectivity index is 0. The van der Waals surface area contributed by atoms with Gasteiger partial charge in [-0.2, -0.15) is 0 Å². The zero-order chi connectivity index (χ0) is 11.2. The molecule has 1 nitrogen and oxygen atoms in total. The molecule has 3 heteroatoms. The molecule has 0 aromatic heterocycles. The molecule has 0 aliphatic carbocycles. The van der Waals surface area contributed by atoms with Crippen molar-refractivity contribution in [2.24, 2.45) is 0 Å². The van der Waals surface area contributed by atoms with Crippen LogP contribution < -0.4 is 5.32 Å². The van der Waals surface area contributed by atoms with Gasteiger partial charge in [-0.25, -0.2) is 0 Å². The van der Waals surface area contributed by atoms with Gasteiger partial charge in [0, 0.05) is 5.88 Å². The molecule has 16 heavy (non-hydrogen) atoms. The molecular weight excluding hydrogens is 241 g/mol. The van der Waals surface area contributed by atoms with Gasteiger partial charge in [-0.15, -0.1) is 24.0 Å². The fraction of sp³-hybridized carbons (Fsp3) is 1.00. The van der Waals surface area contributed by atoms with E-state index in [4.69, 9.17) is 11.6 Å². The Kier molecular flexibility index (Phi) is 21.2. The van der Waals surface area contributed by atoms with E-state index in [2.05, 4.69) is 12.2 Å². The molecule has 0 fully saturated rings. The topological polar surface area (TPSA) is 12.0 Å². The van der Waals surface area contributed by atoms with Crippen molar-refractivity contribution in [3.63, 3.8) is 0 Å². The predicted molar refractivity (Wildman–Crippen MR) is 78.1 cm³/mol. The van der Waals surface area contributed by atoms with Gasteiger partial charge in [-0.3, -0.25) is 0 Å². The first-order valence-electron chi connectivity index (χ1n) is 6.68. The first kappa shape index (κ1) is 18.9. The molecule has 0 saturated carbocycles. The lowest BCUT2D eigenvalue weighted by atomic mass is 10.1. The molecule has 0 spiro atoms. The number of hydrogen-bond donors (Lipinski definition) is 1. The summed E-state index contributed by atoms with van der Waals surface area (Å²) in [7, 11) is 0. The molecule has 0 aromatic rings. The summed E-state index contributed by atoms with van der Waals surface area (Å²) in [4.78, 5) is 0. The second kappa shape index (κ2) is 17.9. The highest BCUT2D eigenvalue weighted by Gasteiger charge is 1.91. The maximum Gasteiger partial charge on any atom is 0.0235 e. The SMILES string of the molecule is CCCCCCCCCCNCCCCl.Cl. The average molecular weight is 270 g/mol. The second-order valence-corrected chi connectivity index (χ2v) is 4.65. The molecule has 0 atom stereocenters.